The average Bonchev–Trinajstić information content (AvgIpc) is 2.63. The van der Waals surface area contributed by atoms with Crippen LogP contribution in [0.4, 0.5) is 0 Å². The molecule has 0 atom stereocenters. The van der Waals surface area contributed by atoms with Crippen LogP contribution < -0.4 is 0 Å². The normalized spacial score (nSPS) is 14.7. The molecular weight excluding hydrogens is 266 g/mol. The Labute approximate surface area is 124 Å². The fourth-order valence-corrected chi connectivity index (χ4v) is 3.22. The number of aromatic nitrogens is 3. The molecule has 0 bridgehead atoms. The zero-order chi connectivity index (χ0) is 14.1. The predicted octanol–water partition coefficient (Wildman–Crippen LogP) is 4.09. The maximum atomic E-state index is 5.51. The molecule has 1 aliphatic rings. The fraction of sp³-hybridized carbons (Fsp3) is 0.438. The van der Waals surface area contributed by atoms with E-state index in [0.29, 0.717) is 0 Å². The molecule has 2 heterocycles. The smallest absolute Gasteiger partial charge is 0.139 e. The second-order valence-electron chi connectivity index (χ2n) is 5.55. The summed E-state index contributed by atoms with van der Waals surface area (Å²) in [5.74, 6) is 0.879. The van der Waals surface area contributed by atoms with E-state index in [1.165, 1.54) is 30.5 Å². The van der Waals surface area contributed by atoms with Gasteiger partial charge < -0.3 is 4.98 Å². The summed E-state index contributed by atoms with van der Waals surface area (Å²) in [5, 5.41) is 0. The molecule has 2 aromatic heterocycles. The molecule has 0 aliphatic heterocycles. The van der Waals surface area contributed by atoms with E-state index in [1.807, 2.05) is 13.8 Å². The van der Waals surface area contributed by atoms with Crippen molar-refractivity contribution in [2.75, 3.05) is 0 Å². The third kappa shape index (κ3) is 2.66. The third-order valence-corrected chi connectivity index (χ3v) is 4.15. The van der Waals surface area contributed by atoms with Crippen LogP contribution in [0.3, 0.4) is 0 Å². The highest BCUT2D eigenvalue weighted by Crippen LogP contribution is 2.23. The van der Waals surface area contributed by atoms with Crippen molar-refractivity contribution in [2.24, 2.45) is 0 Å². The molecule has 0 saturated carbocycles. The van der Waals surface area contributed by atoms with Crippen molar-refractivity contribution < 1.29 is 0 Å². The number of hydrogen-bond acceptors (Lipinski definition) is 3. The van der Waals surface area contributed by atoms with Crippen LogP contribution in [0, 0.1) is 18.5 Å². The van der Waals surface area contributed by atoms with Crippen LogP contribution in [0.2, 0.25) is 0 Å². The van der Waals surface area contributed by atoms with Crippen molar-refractivity contribution in [1.29, 1.82) is 0 Å². The number of aromatic amines is 1. The maximum absolute atomic E-state index is 5.51. The Morgan fingerprint density at radius 3 is 2.45 bits per heavy atom. The molecule has 3 rings (SSSR count). The molecule has 20 heavy (non-hydrogen) atoms. The quantitative estimate of drug-likeness (QED) is 0.634. The lowest BCUT2D eigenvalue weighted by atomic mass is 10.1. The highest BCUT2D eigenvalue weighted by atomic mass is 32.1. The number of hydrogen-bond donors (Lipinski definition) is 1. The minimum atomic E-state index is 0.766. The number of aryl methyl sites for hydroxylation is 3. The van der Waals surface area contributed by atoms with Crippen molar-refractivity contribution in [3.8, 4) is 11.4 Å². The van der Waals surface area contributed by atoms with Gasteiger partial charge in [-0.05, 0) is 51.7 Å². The van der Waals surface area contributed by atoms with Crippen LogP contribution in [-0.4, -0.2) is 15.0 Å². The Morgan fingerprint density at radius 1 is 1.00 bits per heavy atom. The lowest BCUT2D eigenvalue weighted by molar-refractivity contribution is 0.708. The lowest BCUT2D eigenvalue weighted by Crippen LogP contribution is -2.02. The Kier molecular flexibility index (Phi) is 3.66. The lowest BCUT2D eigenvalue weighted by Gasteiger charge is -2.10. The van der Waals surface area contributed by atoms with Crippen molar-refractivity contribution >= 4 is 12.2 Å². The van der Waals surface area contributed by atoms with Gasteiger partial charge in [0.2, 0.25) is 0 Å². The number of rotatable bonds is 1. The van der Waals surface area contributed by atoms with Crippen LogP contribution in [0.5, 0.6) is 0 Å². The van der Waals surface area contributed by atoms with E-state index < -0.39 is 0 Å². The van der Waals surface area contributed by atoms with E-state index in [0.717, 1.165) is 40.3 Å². The maximum Gasteiger partial charge on any atom is 0.139 e. The molecule has 0 unspecified atom stereocenters. The van der Waals surface area contributed by atoms with E-state index in [4.69, 9.17) is 12.2 Å². The first kappa shape index (κ1) is 13.4. The number of pyridine rings is 1. The molecule has 3 nitrogen and oxygen atoms in total. The third-order valence-electron chi connectivity index (χ3n) is 3.81. The van der Waals surface area contributed by atoms with Gasteiger partial charge in [0.25, 0.3) is 0 Å². The highest BCUT2D eigenvalue weighted by molar-refractivity contribution is 7.71. The Bertz CT molecular complexity index is 683. The van der Waals surface area contributed by atoms with E-state index >= 15 is 0 Å². The summed E-state index contributed by atoms with van der Waals surface area (Å²) in [5.41, 5.74) is 5.63. The van der Waals surface area contributed by atoms with Crippen molar-refractivity contribution in [3.63, 3.8) is 0 Å². The minimum absolute atomic E-state index is 0.766. The standard InChI is InChI=1S/C16H19N3S/c1-10-8-12(9-11(2)17-10)15-18-14-7-5-3-4-6-13(14)16(20)19-15/h8-9H,3-7H2,1-2H3,(H,18,19,20). The van der Waals surface area contributed by atoms with Crippen LogP contribution in [-0.2, 0) is 12.8 Å². The van der Waals surface area contributed by atoms with E-state index in [9.17, 15) is 0 Å². The Hall–Kier alpha value is -1.55. The first-order valence-electron chi connectivity index (χ1n) is 7.21. The van der Waals surface area contributed by atoms with Gasteiger partial charge in [0, 0.05) is 28.2 Å². The van der Waals surface area contributed by atoms with Gasteiger partial charge in [-0.15, -0.1) is 0 Å². The summed E-state index contributed by atoms with van der Waals surface area (Å²) >= 11 is 5.51. The zero-order valence-electron chi connectivity index (χ0n) is 12.0. The largest absolute Gasteiger partial charge is 0.343 e. The van der Waals surface area contributed by atoms with Gasteiger partial charge in [0.05, 0.1) is 0 Å². The summed E-state index contributed by atoms with van der Waals surface area (Å²) < 4.78 is 0.766. The average molecular weight is 285 g/mol. The second-order valence-corrected chi connectivity index (χ2v) is 5.93. The molecule has 0 aromatic carbocycles. The van der Waals surface area contributed by atoms with E-state index in [1.54, 1.807) is 0 Å². The molecule has 0 amide bonds. The van der Waals surface area contributed by atoms with Crippen LogP contribution in [0.1, 0.15) is 41.9 Å². The first-order chi connectivity index (χ1) is 9.63. The van der Waals surface area contributed by atoms with Crippen molar-refractivity contribution in [2.45, 2.75) is 46.0 Å². The highest BCUT2D eigenvalue weighted by Gasteiger charge is 2.13. The van der Waals surface area contributed by atoms with Crippen molar-refractivity contribution in [1.82, 2.24) is 15.0 Å². The number of nitrogens with zero attached hydrogens (tertiary/aromatic N) is 2. The summed E-state index contributed by atoms with van der Waals surface area (Å²) in [7, 11) is 0. The number of nitrogens with one attached hydrogen (secondary N) is 1. The van der Waals surface area contributed by atoms with Crippen LogP contribution in [0.15, 0.2) is 12.1 Å². The molecule has 104 valence electrons. The monoisotopic (exact) mass is 285 g/mol. The van der Waals surface area contributed by atoms with Gasteiger partial charge >= 0.3 is 0 Å². The van der Waals surface area contributed by atoms with Crippen LogP contribution in [0.25, 0.3) is 11.4 Å². The summed E-state index contributed by atoms with van der Waals surface area (Å²) in [6, 6.07) is 4.12. The molecular formula is C16H19N3S. The molecule has 2 aromatic rings. The molecule has 4 heteroatoms. The topological polar surface area (TPSA) is 41.6 Å². The van der Waals surface area contributed by atoms with Crippen molar-refractivity contribution in [3.05, 3.63) is 39.4 Å². The van der Waals surface area contributed by atoms with Gasteiger partial charge in [0.1, 0.15) is 10.5 Å². The fourth-order valence-electron chi connectivity index (χ4n) is 2.90. The molecule has 0 radical (unpaired) electrons. The second kappa shape index (κ2) is 5.44. The van der Waals surface area contributed by atoms with Gasteiger partial charge in [-0.3, -0.25) is 4.98 Å². The summed E-state index contributed by atoms with van der Waals surface area (Å²) in [4.78, 5) is 12.5. The summed E-state index contributed by atoms with van der Waals surface area (Å²) in [6.07, 6.45) is 5.87. The van der Waals surface area contributed by atoms with Gasteiger partial charge in [0.15, 0.2) is 0 Å². The van der Waals surface area contributed by atoms with Gasteiger partial charge in [-0.25, -0.2) is 4.98 Å². The van der Waals surface area contributed by atoms with E-state index in [-0.39, 0.29) is 0 Å². The van der Waals surface area contributed by atoms with Gasteiger partial charge in [-0.1, -0.05) is 18.6 Å². The number of fused-ring (bicyclic) bond motifs is 1. The zero-order valence-corrected chi connectivity index (χ0v) is 12.8. The molecule has 0 saturated heterocycles. The predicted molar refractivity (Wildman–Crippen MR) is 83.4 cm³/mol. The SMILES string of the molecule is Cc1cc(-c2nc(=S)c3c([nH]2)CCCCC3)cc(C)n1. The Balaban J connectivity index is 2.13. The number of H-pyrrole nitrogens is 1. The molecule has 0 fully saturated rings. The van der Waals surface area contributed by atoms with E-state index in [2.05, 4.69) is 27.1 Å². The molecule has 0 spiro atoms. The molecule has 1 N–H and O–H groups in total. The minimum Gasteiger partial charge on any atom is -0.343 e. The Morgan fingerprint density at radius 2 is 1.70 bits per heavy atom. The summed E-state index contributed by atoms with van der Waals surface area (Å²) in [6.45, 7) is 4.02. The van der Waals surface area contributed by atoms with Gasteiger partial charge in [-0.2, -0.15) is 0 Å². The van der Waals surface area contributed by atoms with Crippen LogP contribution >= 0.6 is 12.2 Å². The first-order valence-corrected chi connectivity index (χ1v) is 7.62. The molecule has 1 aliphatic carbocycles.